The predicted molar refractivity (Wildman–Crippen MR) is 147 cm³/mol. The monoisotopic (exact) mass is 543 g/mol. The number of aromatic nitrogens is 2. The number of nitrogens with zero attached hydrogens (tertiary/aromatic N) is 4. The van der Waals surface area contributed by atoms with Crippen LogP contribution in [-0.4, -0.2) is 33.7 Å². The summed E-state index contributed by atoms with van der Waals surface area (Å²) in [5.74, 6) is 0. The molecule has 0 bridgehead atoms. The molecule has 0 radical (unpaired) electrons. The quantitative estimate of drug-likeness (QED) is 0.232. The molecule has 0 amide bonds. The average molecular weight is 544 g/mol. The first kappa shape index (κ1) is 26.6. The molecule has 1 N–H and O–H groups in total. The number of para-hydroxylation sites is 1. The number of sulfonamides is 1. The van der Waals surface area contributed by atoms with Gasteiger partial charge in [0.05, 0.1) is 17.2 Å². The first-order chi connectivity index (χ1) is 18.9. The van der Waals surface area contributed by atoms with Crippen LogP contribution in [0.3, 0.4) is 0 Å². The normalized spacial score (nSPS) is 15.2. The Bertz CT molecular complexity index is 1550. The number of hydrogen-bond acceptors (Lipinski definition) is 7. The van der Waals surface area contributed by atoms with E-state index >= 15 is 0 Å². The highest BCUT2D eigenvalue weighted by Gasteiger charge is 2.32. The summed E-state index contributed by atoms with van der Waals surface area (Å²) in [5.41, 5.74) is 4.43. The number of nitro groups is 1. The van der Waals surface area contributed by atoms with E-state index in [9.17, 15) is 18.5 Å². The summed E-state index contributed by atoms with van der Waals surface area (Å²) in [6, 6.07) is 22.9. The van der Waals surface area contributed by atoms with Gasteiger partial charge in [0.25, 0.3) is 15.7 Å². The number of fused-ring (bicyclic) bond motifs is 1. The van der Waals surface area contributed by atoms with Crippen LogP contribution in [0.15, 0.2) is 96.2 Å². The van der Waals surface area contributed by atoms with E-state index in [0.717, 1.165) is 36.1 Å². The summed E-state index contributed by atoms with van der Waals surface area (Å²) in [5, 5.41) is 15.2. The highest BCUT2D eigenvalue weighted by Crippen LogP contribution is 2.28. The Kier molecular flexibility index (Phi) is 8.06. The maximum Gasteiger partial charge on any atom is 0.289 e. The summed E-state index contributed by atoms with van der Waals surface area (Å²) in [6.07, 6.45) is 6.41. The molecule has 39 heavy (non-hydrogen) atoms. The van der Waals surface area contributed by atoms with E-state index in [2.05, 4.69) is 21.4 Å². The Morgan fingerprint density at radius 3 is 2.41 bits per heavy atom. The van der Waals surface area contributed by atoms with Crippen molar-refractivity contribution in [1.82, 2.24) is 19.6 Å². The van der Waals surface area contributed by atoms with E-state index in [1.54, 1.807) is 24.4 Å². The Labute approximate surface area is 227 Å². The first-order valence-corrected chi connectivity index (χ1v) is 14.2. The molecule has 200 valence electrons. The van der Waals surface area contributed by atoms with Crippen molar-refractivity contribution in [3.8, 4) is 0 Å². The van der Waals surface area contributed by atoms with E-state index < -0.39 is 20.6 Å². The topological polar surface area (TPSA) is 118 Å². The van der Waals surface area contributed by atoms with E-state index in [1.807, 2.05) is 36.5 Å². The lowest BCUT2D eigenvalue weighted by molar-refractivity contribution is -0.387. The molecule has 1 atom stereocenters. The summed E-state index contributed by atoms with van der Waals surface area (Å²) in [7, 11) is -4.20. The number of benzene rings is 2. The van der Waals surface area contributed by atoms with Crippen molar-refractivity contribution < 1.29 is 13.3 Å². The van der Waals surface area contributed by atoms with Crippen molar-refractivity contribution >= 4 is 15.7 Å². The maximum absolute atomic E-state index is 13.7. The zero-order chi connectivity index (χ0) is 27.2. The third-order valence-corrected chi connectivity index (χ3v) is 8.75. The molecule has 2 heterocycles. The standard InChI is InChI=1S/C29H29N5O4S/c35-34(36)28-8-1-2-9-29(28)39(37,38)33(21-26-7-3-4-16-30-26)20-23-12-10-22(11-13-23)19-32-25-15-14-24-6-5-17-31-27(24)18-25/h1-13,16-17,25,32H,14-15,18-21H2. The van der Waals surface area contributed by atoms with Crippen LogP contribution in [-0.2, 0) is 42.5 Å². The van der Waals surface area contributed by atoms with Crippen LogP contribution in [0.25, 0.3) is 0 Å². The largest absolute Gasteiger partial charge is 0.310 e. The molecule has 10 heteroatoms. The van der Waals surface area contributed by atoms with Gasteiger partial charge in [-0.2, -0.15) is 4.31 Å². The fraction of sp³-hybridized carbons (Fsp3) is 0.241. The van der Waals surface area contributed by atoms with Crippen molar-refractivity contribution in [2.75, 3.05) is 0 Å². The highest BCUT2D eigenvalue weighted by atomic mass is 32.2. The molecule has 1 aliphatic rings. The minimum absolute atomic E-state index is 0.0181. The van der Waals surface area contributed by atoms with E-state index in [0.29, 0.717) is 18.3 Å². The molecule has 1 unspecified atom stereocenters. The fourth-order valence-electron chi connectivity index (χ4n) is 4.81. The van der Waals surface area contributed by atoms with Gasteiger partial charge in [-0.25, -0.2) is 8.42 Å². The second-order valence-electron chi connectivity index (χ2n) is 9.57. The van der Waals surface area contributed by atoms with Crippen LogP contribution >= 0.6 is 0 Å². The highest BCUT2D eigenvalue weighted by molar-refractivity contribution is 7.89. The van der Waals surface area contributed by atoms with Crippen molar-refractivity contribution in [1.29, 1.82) is 0 Å². The molecular formula is C29H29N5O4S. The van der Waals surface area contributed by atoms with Gasteiger partial charge in [0, 0.05) is 49.7 Å². The molecule has 4 aromatic rings. The van der Waals surface area contributed by atoms with Crippen molar-refractivity contribution in [2.45, 2.75) is 49.8 Å². The lowest BCUT2D eigenvalue weighted by Crippen LogP contribution is -2.34. The smallest absolute Gasteiger partial charge is 0.289 e. The SMILES string of the molecule is O=[N+]([O-])c1ccccc1S(=O)(=O)N(Cc1ccc(CNC2CCc3cccnc3C2)cc1)Cc1ccccn1. The van der Waals surface area contributed by atoms with Gasteiger partial charge >= 0.3 is 0 Å². The molecule has 9 nitrogen and oxygen atoms in total. The number of aryl methyl sites for hydroxylation is 1. The van der Waals surface area contributed by atoms with Crippen LogP contribution in [0, 0.1) is 10.1 Å². The summed E-state index contributed by atoms with van der Waals surface area (Å²) in [6.45, 7) is 0.721. The molecule has 0 aliphatic heterocycles. The first-order valence-electron chi connectivity index (χ1n) is 12.8. The van der Waals surface area contributed by atoms with Gasteiger partial charge in [-0.15, -0.1) is 0 Å². The van der Waals surface area contributed by atoms with Crippen LogP contribution < -0.4 is 5.32 Å². The van der Waals surface area contributed by atoms with Gasteiger partial charge < -0.3 is 5.32 Å². The van der Waals surface area contributed by atoms with Crippen LogP contribution in [0.1, 0.15) is 34.5 Å². The molecule has 5 rings (SSSR count). The van der Waals surface area contributed by atoms with Gasteiger partial charge in [0.15, 0.2) is 4.90 Å². The number of pyridine rings is 2. The summed E-state index contributed by atoms with van der Waals surface area (Å²) < 4.78 is 28.6. The summed E-state index contributed by atoms with van der Waals surface area (Å²) >= 11 is 0. The third kappa shape index (κ3) is 6.36. The number of nitrogens with one attached hydrogen (secondary N) is 1. The zero-order valence-corrected chi connectivity index (χ0v) is 22.1. The van der Waals surface area contributed by atoms with Crippen LogP contribution in [0.4, 0.5) is 5.69 Å². The average Bonchev–Trinajstić information content (AvgIpc) is 2.97. The van der Waals surface area contributed by atoms with E-state index in [1.165, 1.54) is 34.1 Å². The second-order valence-corrected chi connectivity index (χ2v) is 11.5. The molecule has 0 spiro atoms. The molecule has 2 aromatic carbocycles. The fourth-order valence-corrected chi connectivity index (χ4v) is 6.37. The van der Waals surface area contributed by atoms with Gasteiger partial charge in [-0.1, -0.05) is 48.5 Å². The Morgan fingerprint density at radius 1 is 0.897 bits per heavy atom. The van der Waals surface area contributed by atoms with Gasteiger partial charge in [-0.05, 0) is 53.8 Å². The third-order valence-electron chi connectivity index (χ3n) is 6.91. The van der Waals surface area contributed by atoms with Crippen LogP contribution in [0.2, 0.25) is 0 Å². The molecule has 0 fully saturated rings. The molecular weight excluding hydrogens is 514 g/mol. The molecule has 1 aliphatic carbocycles. The minimum atomic E-state index is -4.20. The Balaban J connectivity index is 1.31. The second kappa shape index (κ2) is 11.8. The van der Waals surface area contributed by atoms with Gasteiger partial charge in [-0.3, -0.25) is 20.1 Å². The summed E-state index contributed by atoms with van der Waals surface area (Å²) in [4.78, 5) is 19.4. The van der Waals surface area contributed by atoms with Crippen molar-refractivity contribution in [3.05, 3.63) is 129 Å². The van der Waals surface area contributed by atoms with Gasteiger partial charge in [0.2, 0.25) is 0 Å². The Morgan fingerprint density at radius 2 is 1.64 bits per heavy atom. The molecule has 2 aromatic heterocycles. The number of rotatable bonds is 10. The molecule has 0 saturated carbocycles. The number of hydrogen-bond donors (Lipinski definition) is 1. The molecule has 0 saturated heterocycles. The van der Waals surface area contributed by atoms with E-state index in [-0.39, 0.29) is 18.0 Å². The van der Waals surface area contributed by atoms with Crippen LogP contribution in [0.5, 0.6) is 0 Å². The van der Waals surface area contributed by atoms with Crippen molar-refractivity contribution in [2.24, 2.45) is 0 Å². The lowest BCUT2D eigenvalue weighted by atomic mass is 9.92. The maximum atomic E-state index is 13.7. The minimum Gasteiger partial charge on any atom is -0.310 e. The zero-order valence-electron chi connectivity index (χ0n) is 21.3. The predicted octanol–water partition coefficient (Wildman–Crippen LogP) is 4.42. The number of nitro benzene ring substituents is 1. The van der Waals surface area contributed by atoms with Crippen molar-refractivity contribution in [3.63, 3.8) is 0 Å². The Hall–Kier alpha value is -3.99. The lowest BCUT2D eigenvalue weighted by Gasteiger charge is -2.25. The van der Waals surface area contributed by atoms with E-state index in [4.69, 9.17) is 0 Å². The van der Waals surface area contributed by atoms with Gasteiger partial charge in [0.1, 0.15) is 0 Å².